The molecule has 0 aliphatic rings. The van der Waals surface area contributed by atoms with Gasteiger partial charge in [0.05, 0.1) is 0 Å². The molecule has 0 rings (SSSR count). The van der Waals surface area contributed by atoms with Crippen molar-refractivity contribution in [3.05, 3.63) is 0 Å². The van der Waals surface area contributed by atoms with E-state index < -0.39 is 19.8 Å². The Balaban J connectivity index is 3.94. The first-order valence-electron chi connectivity index (χ1n) is 7.23. The van der Waals surface area contributed by atoms with E-state index in [1.165, 1.54) is 36.5 Å². The quantitative estimate of drug-likeness (QED) is 0.489. The first kappa shape index (κ1) is 16.8. The van der Waals surface area contributed by atoms with Crippen LogP contribution >= 0.6 is 0 Å². The van der Waals surface area contributed by atoms with E-state index >= 15 is 0 Å². The molecule has 0 bridgehead atoms. The third-order valence-corrected chi connectivity index (χ3v) is 12.1. The monoisotopic (exact) mass is 335 g/mol. The molecule has 2 heteroatoms. The molecule has 97 valence electrons. The van der Waals surface area contributed by atoms with Gasteiger partial charge in [-0.05, 0) is 0 Å². The summed E-state index contributed by atoms with van der Waals surface area (Å²) in [5, 5.41) is 0. The second-order valence-electron chi connectivity index (χ2n) is 4.65. The van der Waals surface area contributed by atoms with Crippen molar-refractivity contribution in [1.29, 1.82) is 0 Å². The molecule has 16 heavy (non-hydrogen) atoms. The number of hydrogen-bond donors (Lipinski definition) is 0. The Hall–Kier alpha value is 0.759. The Kier molecular flexibility index (Phi) is 12.8. The van der Waals surface area contributed by atoms with E-state index in [0.717, 1.165) is 6.61 Å². The van der Waals surface area contributed by atoms with E-state index in [0.29, 0.717) is 6.10 Å². The van der Waals surface area contributed by atoms with Gasteiger partial charge >= 0.3 is 110 Å². The van der Waals surface area contributed by atoms with Crippen LogP contribution in [0, 0.1) is 0 Å². The molecule has 1 radical (unpaired) electrons. The van der Waals surface area contributed by atoms with Crippen molar-refractivity contribution in [1.82, 2.24) is 0 Å². The van der Waals surface area contributed by atoms with Crippen LogP contribution in [0.25, 0.3) is 0 Å². The summed E-state index contributed by atoms with van der Waals surface area (Å²) in [5.74, 6) is 0. The Bertz CT molecular complexity index is 131. The van der Waals surface area contributed by atoms with E-state index in [1.54, 1.807) is 8.87 Å². The van der Waals surface area contributed by atoms with Crippen molar-refractivity contribution in [3.8, 4) is 0 Å². The van der Waals surface area contributed by atoms with Gasteiger partial charge < -0.3 is 0 Å². The van der Waals surface area contributed by atoms with Crippen molar-refractivity contribution in [2.24, 2.45) is 0 Å². The van der Waals surface area contributed by atoms with Gasteiger partial charge in [0.25, 0.3) is 0 Å². The van der Waals surface area contributed by atoms with Crippen LogP contribution in [0.1, 0.15) is 59.8 Å². The minimum absolute atomic E-state index is 0.591. The van der Waals surface area contributed by atoms with Gasteiger partial charge in [-0.1, -0.05) is 0 Å². The van der Waals surface area contributed by atoms with Gasteiger partial charge in [0.15, 0.2) is 0 Å². The van der Waals surface area contributed by atoms with Crippen molar-refractivity contribution in [2.75, 3.05) is 6.61 Å². The third-order valence-electron chi connectivity index (χ3n) is 3.14. The summed E-state index contributed by atoms with van der Waals surface area (Å²) in [6, 6.07) is 0. The fourth-order valence-corrected chi connectivity index (χ4v) is 11.8. The molecule has 0 spiro atoms. The first-order valence-corrected chi connectivity index (χ1v) is 13.3. The van der Waals surface area contributed by atoms with Gasteiger partial charge in [0.2, 0.25) is 0 Å². The molecule has 0 aromatic heterocycles. The molecule has 1 nitrogen and oxygen atoms in total. The minimum atomic E-state index is -1.08. The second-order valence-corrected chi connectivity index (χ2v) is 12.9. The summed E-state index contributed by atoms with van der Waals surface area (Å²) in [7, 11) is 0. The van der Waals surface area contributed by atoms with Gasteiger partial charge in [0, 0.05) is 0 Å². The maximum atomic E-state index is 5.83. The zero-order valence-electron chi connectivity index (χ0n) is 11.8. The van der Waals surface area contributed by atoms with E-state index in [4.69, 9.17) is 4.74 Å². The number of unbranched alkanes of at least 4 members (excludes halogenated alkanes) is 2. The zero-order chi connectivity index (χ0) is 12.2. The molecule has 0 fully saturated rings. The average molecular weight is 334 g/mol. The van der Waals surface area contributed by atoms with Crippen molar-refractivity contribution in [3.63, 3.8) is 0 Å². The number of rotatable bonds is 11. The van der Waals surface area contributed by atoms with Crippen LogP contribution in [0.3, 0.4) is 0 Å². The third kappa shape index (κ3) is 8.86. The van der Waals surface area contributed by atoms with Gasteiger partial charge in [-0.25, -0.2) is 0 Å². The van der Waals surface area contributed by atoms with Crippen molar-refractivity contribution in [2.45, 2.75) is 79.2 Å². The molecule has 1 unspecified atom stereocenters. The Labute approximate surface area is 110 Å². The predicted octanol–water partition coefficient (Wildman–Crippen LogP) is 4.90. The van der Waals surface area contributed by atoms with E-state index in [9.17, 15) is 0 Å². The van der Waals surface area contributed by atoms with Gasteiger partial charge in [0.1, 0.15) is 0 Å². The van der Waals surface area contributed by atoms with E-state index in [2.05, 4.69) is 27.7 Å². The van der Waals surface area contributed by atoms with Crippen LogP contribution in [-0.4, -0.2) is 32.5 Å². The molecule has 0 amide bonds. The number of hydrogen-bond acceptors (Lipinski definition) is 1. The fourth-order valence-electron chi connectivity index (χ4n) is 2.06. The van der Waals surface area contributed by atoms with Gasteiger partial charge in [-0.15, -0.1) is 0 Å². The van der Waals surface area contributed by atoms with Crippen LogP contribution in [0.2, 0.25) is 13.3 Å². The van der Waals surface area contributed by atoms with Crippen LogP contribution in [0.15, 0.2) is 0 Å². The number of ether oxygens (including phenoxy) is 1. The standard InChI is InChI=1S/C6H13O.2C4H9.Sn/c1-4-6(3)7-5-2;2*1-3-4-2;/h6H,3-5H2,1-2H3;2*1,3-4H2,2H3;. The summed E-state index contributed by atoms with van der Waals surface area (Å²) in [6.07, 6.45) is 7.51. The topological polar surface area (TPSA) is 9.23 Å². The molecule has 1 atom stereocenters. The van der Waals surface area contributed by atoms with E-state index in [-0.39, 0.29) is 0 Å². The predicted molar refractivity (Wildman–Crippen MR) is 75.7 cm³/mol. The van der Waals surface area contributed by atoms with Crippen molar-refractivity contribution >= 4 is 19.8 Å². The van der Waals surface area contributed by atoms with E-state index in [1.807, 2.05) is 0 Å². The van der Waals surface area contributed by atoms with Crippen molar-refractivity contribution < 1.29 is 4.74 Å². The summed E-state index contributed by atoms with van der Waals surface area (Å²) in [6.45, 7) is 9.95. The first-order chi connectivity index (χ1) is 7.78. The molecule has 0 aromatic rings. The normalized spacial score (nSPS) is 13.3. The summed E-state index contributed by atoms with van der Waals surface area (Å²) in [5.41, 5.74) is 0. The summed E-state index contributed by atoms with van der Waals surface area (Å²) in [4.78, 5) is 0. The zero-order valence-corrected chi connectivity index (χ0v) is 14.7. The molecule has 0 heterocycles. The molecule has 0 saturated heterocycles. The molecular formula is C14H31OSn. The second kappa shape index (κ2) is 12.2. The molecule has 0 aromatic carbocycles. The SMILES string of the molecule is CCC[CH2][Sn]([CH2]CCC)[CH2]C(CC)OCC. The average Bonchev–Trinajstić information content (AvgIpc) is 2.31. The molecule has 0 saturated carbocycles. The van der Waals surface area contributed by atoms with Gasteiger partial charge in [-0.2, -0.15) is 0 Å². The Morgan fingerprint density at radius 1 is 0.938 bits per heavy atom. The molecule has 0 aliphatic carbocycles. The molecular weight excluding hydrogens is 303 g/mol. The maximum absolute atomic E-state index is 5.83. The Morgan fingerprint density at radius 3 is 1.88 bits per heavy atom. The molecule has 0 aliphatic heterocycles. The summed E-state index contributed by atoms with van der Waals surface area (Å²) < 4.78 is 10.5. The molecule has 0 N–H and O–H groups in total. The van der Waals surface area contributed by atoms with Gasteiger partial charge in [-0.3, -0.25) is 0 Å². The summed E-state index contributed by atoms with van der Waals surface area (Å²) >= 11 is -1.08. The van der Waals surface area contributed by atoms with Crippen LogP contribution < -0.4 is 0 Å². The fraction of sp³-hybridized carbons (Fsp3) is 1.00. The van der Waals surface area contributed by atoms with Crippen LogP contribution in [0.5, 0.6) is 0 Å². The van der Waals surface area contributed by atoms with Crippen LogP contribution in [-0.2, 0) is 4.74 Å². The Morgan fingerprint density at radius 2 is 1.50 bits per heavy atom. The van der Waals surface area contributed by atoms with Crippen LogP contribution in [0.4, 0.5) is 0 Å².